The van der Waals surface area contributed by atoms with Gasteiger partial charge in [0.1, 0.15) is 5.75 Å². The average molecular weight is 264 g/mol. The van der Waals surface area contributed by atoms with Crippen LogP contribution < -0.4 is 15.4 Å². The number of methoxy groups -OCH3 is 1. The summed E-state index contributed by atoms with van der Waals surface area (Å²) in [5.74, 6) is 0.812. The van der Waals surface area contributed by atoms with Gasteiger partial charge in [-0.3, -0.25) is 0 Å². The molecule has 0 aliphatic rings. The fourth-order valence-electron chi connectivity index (χ4n) is 1.79. The van der Waals surface area contributed by atoms with Gasteiger partial charge in [0.15, 0.2) is 0 Å². The van der Waals surface area contributed by atoms with Gasteiger partial charge in [-0.15, -0.1) is 0 Å². The lowest BCUT2D eigenvalue weighted by molar-refractivity contribution is 0.230. The molecule has 106 valence electrons. The Morgan fingerprint density at radius 3 is 2.42 bits per heavy atom. The summed E-state index contributed by atoms with van der Waals surface area (Å²) in [4.78, 5) is 11.8. The summed E-state index contributed by atoms with van der Waals surface area (Å²) in [6, 6.07) is 7.59. The van der Waals surface area contributed by atoms with E-state index in [0.717, 1.165) is 24.2 Å². The molecule has 0 heterocycles. The molecule has 0 aliphatic heterocycles. The topological polar surface area (TPSA) is 50.4 Å². The second kappa shape index (κ2) is 7.02. The average Bonchev–Trinajstić information content (AvgIpc) is 2.38. The van der Waals surface area contributed by atoms with Crippen molar-refractivity contribution in [3.63, 3.8) is 0 Å². The third-order valence-corrected chi connectivity index (χ3v) is 3.05. The molecule has 0 aromatic heterocycles. The SMILES string of the molecule is CCCCNC(=O)NC(C)(C)c1ccc(OC)cc1. The maximum absolute atomic E-state index is 11.8. The highest BCUT2D eigenvalue weighted by Crippen LogP contribution is 2.22. The minimum Gasteiger partial charge on any atom is -0.497 e. The van der Waals surface area contributed by atoms with Crippen molar-refractivity contribution in [2.45, 2.75) is 39.2 Å². The molecular formula is C15H24N2O2. The Morgan fingerprint density at radius 2 is 1.89 bits per heavy atom. The summed E-state index contributed by atoms with van der Waals surface area (Å²) >= 11 is 0. The molecule has 4 nitrogen and oxygen atoms in total. The van der Waals surface area contributed by atoms with Gasteiger partial charge < -0.3 is 15.4 Å². The van der Waals surface area contributed by atoms with Crippen molar-refractivity contribution in [2.24, 2.45) is 0 Å². The number of hydrogen-bond donors (Lipinski definition) is 2. The van der Waals surface area contributed by atoms with Gasteiger partial charge in [-0.25, -0.2) is 4.79 Å². The molecule has 2 N–H and O–H groups in total. The van der Waals surface area contributed by atoms with Crippen LogP contribution in [0.25, 0.3) is 0 Å². The number of urea groups is 1. The summed E-state index contributed by atoms with van der Waals surface area (Å²) in [6.07, 6.45) is 2.07. The quantitative estimate of drug-likeness (QED) is 0.776. The first kappa shape index (κ1) is 15.3. The Morgan fingerprint density at radius 1 is 1.26 bits per heavy atom. The Bertz CT molecular complexity index is 399. The number of ether oxygens (including phenoxy) is 1. The molecule has 0 spiro atoms. The molecule has 2 amide bonds. The van der Waals surface area contributed by atoms with Crippen LogP contribution in [0.15, 0.2) is 24.3 Å². The van der Waals surface area contributed by atoms with Gasteiger partial charge in [0, 0.05) is 6.54 Å². The molecule has 0 bridgehead atoms. The van der Waals surface area contributed by atoms with E-state index < -0.39 is 5.54 Å². The highest BCUT2D eigenvalue weighted by molar-refractivity contribution is 5.74. The van der Waals surface area contributed by atoms with Crippen LogP contribution in [0.1, 0.15) is 39.2 Å². The van der Waals surface area contributed by atoms with E-state index in [0.29, 0.717) is 6.54 Å². The van der Waals surface area contributed by atoms with E-state index >= 15 is 0 Å². The largest absolute Gasteiger partial charge is 0.497 e. The number of carbonyl (C=O) groups excluding carboxylic acids is 1. The third-order valence-electron chi connectivity index (χ3n) is 3.05. The van der Waals surface area contributed by atoms with Crippen LogP contribution in [0.3, 0.4) is 0 Å². The monoisotopic (exact) mass is 264 g/mol. The molecule has 0 saturated heterocycles. The van der Waals surface area contributed by atoms with E-state index in [9.17, 15) is 4.79 Å². The highest BCUT2D eigenvalue weighted by atomic mass is 16.5. The van der Waals surface area contributed by atoms with Gasteiger partial charge in [0.2, 0.25) is 0 Å². The Hall–Kier alpha value is -1.71. The number of hydrogen-bond acceptors (Lipinski definition) is 2. The highest BCUT2D eigenvalue weighted by Gasteiger charge is 2.22. The van der Waals surface area contributed by atoms with Crippen molar-refractivity contribution in [2.75, 3.05) is 13.7 Å². The summed E-state index contributed by atoms with van der Waals surface area (Å²) in [5.41, 5.74) is 0.627. The molecule has 1 aromatic carbocycles. The number of benzene rings is 1. The Labute approximate surface area is 115 Å². The molecule has 0 saturated carbocycles. The molecule has 4 heteroatoms. The van der Waals surface area contributed by atoms with Crippen LogP contribution in [0.4, 0.5) is 4.79 Å². The number of amides is 2. The zero-order valence-corrected chi connectivity index (χ0v) is 12.2. The predicted molar refractivity (Wildman–Crippen MR) is 77.5 cm³/mol. The normalized spacial score (nSPS) is 10.9. The second-order valence-corrected chi connectivity index (χ2v) is 5.09. The lowest BCUT2D eigenvalue weighted by atomic mass is 9.94. The predicted octanol–water partition coefficient (Wildman–Crippen LogP) is 3.03. The summed E-state index contributed by atoms with van der Waals surface area (Å²) < 4.78 is 5.13. The molecule has 0 atom stereocenters. The zero-order valence-electron chi connectivity index (χ0n) is 12.2. The Kier molecular flexibility index (Phi) is 5.67. The van der Waals surface area contributed by atoms with Crippen molar-refractivity contribution in [3.8, 4) is 5.75 Å². The minimum atomic E-state index is -0.414. The maximum atomic E-state index is 11.8. The molecule has 0 unspecified atom stereocenters. The molecule has 1 rings (SSSR count). The van der Waals surface area contributed by atoms with Gasteiger partial charge in [0.05, 0.1) is 12.6 Å². The van der Waals surface area contributed by atoms with E-state index in [4.69, 9.17) is 4.74 Å². The molecule has 19 heavy (non-hydrogen) atoms. The van der Waals surface area contributed by atoms with Crippen LogP contribution in [0.2, 0.25) is 0 Å². The maximum Gasteiger partial charge on any atom is 0.315 e. The van der Waals surface area contributed by atoms with Crippen LogP contribution in [-0.2, 0) is 5.54 Å². The zero-order chi connectivity index (χ0) is 14.3. The lowest BCUT2D eigenvalue weighted by Gasteiger charge is -2.27. The van der Waals surface area contributed by atoms with Crippen molar-refractivity contribution in [1.82, 2.24) is 10.6 Å². The van der Waals surface area contributed by atoms with Gasteiger partial charge in [-0.1, -0.05) is 25.5 Å². The van der Waals surface area contributed by atoms with E-state index in [1.165, 1.54) is 0 Å². The first-order chi connectivity index (χ1) is 8.99. The van der Waals surface area contributed by atoms with E-state index in [1.807, 2.05) is 38.1 Å². The molecular weight excluding hydrogens is 240 g/mol. The number of rotatable bonds is 6. The van der Waals surface area contributed by atoms with E-state index in [-0.39, 0.29) is 6.03 Å². The first-order valence-electron chi connectivity index (χ1n) is 6.70. The third kappa shape index (κ3) is 4.81. The fraction of sp³-hybridized carbons (Fsp3) is 0.533. The van der Waals surface area contributed by atoms with Crippen molar-refractivity contribution >= 4 is 6.03 Å². The first-order valence-corrected chi connectivity index (χ1v) is 6.70. The summed E-state index contributed by atoms with van der Waals surface area (Å²) in [5, 5.41) is 5.84. The van der Waals surface area contributed by atoms with Crippen LogP contribution in [0.5, 0.6) is 5.75 Å². The molecule has 1 aromatic rings. The van der Waals surface area contributed by atoms with Crippen LogP contribution in [-0.4, -0.2) is 19.7 Å². The fourth-order valence-corrected chi connectivity index (χ4v) is 1.79. The van der Waals surface area contributed by atoms with Crippen molar-refractivity contribution in [3.05, 3.63) is 29.8 Å². The minimum absolute atomic E-state index is 0.130. The van der Waals surface area contributed by atoms with Crippen LogP contribution in [0, 0.1) is 0 Å². The van der Waals surface area contributed by atoms with Crippen LogP contribution >= 0.6 is 0 Å². The van der Waals surface area contributed by atoms with E-state index in [1.54, 1.807) is 7.11 Å². The standard InChI is InChI=1S/C15H24N2O2/c1-5-6-11-16-14(18)17-15(2,3)12-7-9-13(19-4)10-8-12/h7-10H,5-6,11H2,1-4H3,(H2,16,17,18). The number of unbranched alkanes of at least 4 members (excludes halogenated alkanes) is 1. The summed E-state index contributed by atoms with van der Waals surface area (Å²) in [6.45, 7) is 6.77. The molecule has 0 radical (unpaired) electrons. The smallest absolute Gasteiger partial charge is 0.315 e. The van der Waals surface area contributed by atoms with Crippen molar-refractivity contribution in [1.29, 1.82) is 0 Å². The van der Waals surface area contributed by atoms with Gasteiger partial charge in [-0.05, 0) is 38.0 Å². The van der Waals surface area contributed by atoms with Crippen molar-refractivity contribution < 1.29 is 9.53 Å². The summed E-state index contributed by atoms with van der Waals surface area (Å²) in [7, 11) is 1.64. The van der Waals surface area contributed by atoms with Gasteiger partial charge >= 0.3 is 6.03 Å². The number of carbonyl (C=O) groups is 1. The second-order valence-electron chi connectivity index (χ2n) is 5.09. The number of nitrogens with one attached hydrogen (secondary N) is 2. The Balaban J connectivity index is 2.60. The van der Waals surface area contributed by atoms with E-state index in [2.05, 4.69) is 17.6 Å². The van der Waals surface area contributed by atoms with Gasteiger partial charge in [0.25, 0.3) is 0 Å². The molecule has 0 aliphatic carbocycles. The van der Waals surface area contributed by atoms with Gasteiger partial charge in [-0.2, -0.15) is 0 Å². The molecule has 0 fully saturated rings. The lowest BCUT2D eigenvalue weighted by Crippen LogP contribution is -2.46.